The van der Waals surface area contributed by atoms with Crippen molar-refractivity contribution in [1.29, 1.82) is 0 Å². The van der Waals surface area contributed by atoms with Gasteiger partial charge < -0.3 is 19.8 Å². The van der Waals surface area contributed by atoms with E-state index in [1.165, 1.54) is 5.69 Å². The van der Waals surface area contributed by atoms with E-state index >= 15 is 0 Å². The molecule has 1 fully saturated rings. The minimum atomic E-state index is -5.08. The Morgan fingerprint density at radius 3 is 1.90 bits per heavy atom. The SMILES string of the molecule is COc1cccc2ccc(CN3CCN(c4ccncc4)CC3)nc12.O=C(O)C(F)(F)F.O=C(O)C(F)(F)F. The number of benzene rings is 1. The number of rotatable bonds is 4. The summed E-state index contributed by atoms with van der Waals surface area (Å²) in [7, 11) is 1.70. The van der Waals surface area contributed by atoms with Gasteiger partial charge in [0.1, 0.15) is 11.3 Å². The highest BCUT2D eigenvalue weighted by molar-refractivity contribution is 5.84. The van der Waals surface area contributed by atoms with E-state index in [1.807, 2.05) is 24.5 Å². The molecular formula is C24H24F6N4O5. The molecule has 2 N–H and O–H groups in total. The quantitative estimate of drug-likeness (QED) is 0.451. The highest BCUT2D eigenvalue weighted by Gasteiger charge is 2.38. The summed E-state index contributed by atoms with van der Waals surface area (Å²) in [6.45, 7) is 5.00. The summed E-state index contributed by atoms with van der Waals surface area (Å²) in [4.78, 5) is 31.6. The van der Waals surface area contributed by atoms with Gasteiger partial charge in [-0.05, 0) is 24.3 Å². The summed E-state index contributed by atoms with van der Waals surface area (Å²) in [5.74, 6) is -4.68. The second kappa shape index (κ2) is 13.6. The number of carboxylic acids is 2. The number of hydrogen-bond donors (Lipinski definition) is 2. The lowest BCUT2D eigenvalue weighted by atomic mass is 10.2. The molecule has 0 unspecified atom stereocenters. The number of ether oxygens (including phenoxy) is 1. The van der Waals surface area contributed by atoms with E-state index in [9.17, 15) is 26.3 Å². The minimum Gasteiger partial charge on any atom is -0.494 e. The Hall–Kier alpha value is -4.14. The average Bonchev–Trinajstić information content (AvgIpc) is 2.89. The van der Waals surface area contributed by atoms with Gasteiger partial charge in [0.25, 0.3) is 0 Å². The molecule has 212 valence electrons. The number of hydrogen-bond acceptors (Lipinski definition) is 7. The third-order valence-electron chi connectivity index (χ3n) is 5.23. The number of anilines is 1. The molecule has 0 atom stereocenters. The first-order valence-electron chi connectivity index (χ1n) is 11.1. The number of aliphatic carboxylic acids is 2. The Labute approximate surface area is 218 Å². The Morgan fingerprint density at radius 2 is 1.41 bits per heavy atom. The van der Waals surface area contributed by atoms with Crippen LogP contribution in [0.2, 0.25) is 0 Å². The van der Waals surface area contributed by atoms with Crippen molar-refractivity contribution in [2.24, 2.45) is 0 Å². The van der Waals surface area contributed by atoms with E-state index in [1.54, 1.807) is 7.11 Å². The smallest absolute Gasteiger partial charge is 0.490 e. The zero-order valence-electron chi connectivity index (χ0n) is 20.4. The highest BCUT2D eigenvalue weighted by atomic mass is 19.4. The minimum absolute atomic E-state index is 0.835. The molecule has 0 saturated carbocycles. The molecule has 1 aromatic carbocycles. The van der Waals surface area contributed by atoms with Crippen LogP contribution < -0.4 is 9.64 Å². The summed E-state index contributed by atoms with van der Waals surface area (Å²) >= 11 is 0. The number of fused-ring (bicyclic) bond motifs is 1. The van der Waals surface area contributed by atoms with Crippen LogP contribution in [0.1, 0.15) is 5.69 Å². The number of piperazine rings is 1. The molecule has 0 spiro atoms. The van der Waals surface area contributed by atoms with Gasteiger partial charge in [-0.15, -0.1) is 0 Å². The molecule has 15 heteroatoms. The molecule has 9 nitrogen and oxygen atoms in total. The van der Waals surface area contributed by atoms with Gasteiger partial charge in [-0.1, -0.05) is 18.2 Å². The zero-order valence-corrected chi connectivity index (χ0v) is 20.4. The Morgan fingerprint density at radius 1 is 0.872 bits per heavy atom. The lowest BCUT2D eigenvalue weighted by Gasteiger charge is -2.35. The summed E-state index contributed by atoms with van der Waals surface area (Å²) in [6.07, 6.45) is -6.46. The predicted molar refractivity (Wildman–Crippen MR) is 127 cm³/mol. The van der Waals surface area contributed by atoms with Gasteiger partial charge in [0.2, 0.25) is 0 Å². The van der Waals surface area contributed by atoms with Crippen molar-refractivity contribution in [3.8, 4) is 5.75 Å². The third-order valence-corrected chi connectivity index (χ3v) is 5.23. The fourth-order valence-corrected chi connectivity index (χ4v) is 3.36. The maximum absolute atomic E-state index is 10.6. The van der Waals surface area contributed by atoms with E-state index in [0.717, 1.165) is 55.1 Å². The predicted octanol–water partition coefficient (Wildman–Crippen LogP) is 4.23. The molecule has 4 rings (SSSR count). The van der Waals surface area contributed by atoms with E-state index in [-0.39, 0.29) is 0 Å². The van der Waals surface area contributed by atoms with Crippen LogP contribution in [-0.4, -0.2) is 82.7 Å². The van der Waals surface area contributed by atoms with Crippen LogP contribution in [0.3, 0.4) is 0 Å². The van der Waals surface area contributed by atoms with Gasteiger partial charge in [0, 0.05) is 56.2 Å². The second-order valence-corrected chi connectivity index (χ2v) is 7.91. The van der Waals surface area contributed by atoms with Crippen LogP contribution >= 0.6 is 0 Å². The van der Waals surface area contributed by atoms with Gasteiger partial charge in [-0.3, -0.25) is 9.88 Å². The molecule has 1 saturated heterocycles. The fraction of sp³-hybridized carbons (Fsp3) is 0.333. The van der Waals surface area contributed by atoms with Crippen molar-refractivity contribution >= 4 is 28.5 Å². The van der Waals surface area contributed by atoms with Crippen LogP contribution in [0.25, 0.3) is 10.9 Å². The Bertz CT molecular complexity index is 1210. The maximum Gasteiger partial charge on any atom is 0.490 e. The van der Waals surface area contributed by atoms with Gasteiger partial charge in [-0.25, -0.2) is 14.6 Å². The van der Waals surface area contributed by atoms with Gasteiger partial charge in [0.05, 0.1) is 12.8 Å². The van der Waals surface area contributed by atoms with Crippen LogP contribution in [0.15, 0.2) is 54.9 Å². The van der Waals surface area contributed by atoms with E-state index in [2.05, 4.69) is 45.1 Å². The second-order valence-electron chi connectivity index (χ2n) is 7.91. The molecule has 39 heavy (non-hydrogen) atoms. The van der Waals surface area contributed by atoms with Crippen molar-refractivity contribution in [3.63, 3.8) is 0 Å². The number of methoxy groups -OCH3 is 1. The molecule has 2 aromatic heterocycles. The number of carboxylic acid groups (broad SMARTS) is 2. The number of nitrogens with zero attached hydrogens (tertiary/aromatic N) is 4. The number of alkyl halides is 6. The fourth-order valence-electron chi connectivity index (χ4n) is 3.36. The molecule has 3 heterocycles. The first-order chi connectivity index (χ1) is 18.2. The van der Waals surface area contributed by atoms with Crippen LogP contribution in [0.5, 0.6) is 5.75 Å². The number of para-hydroxylation sites is 1. The molecular weight excluding hydrogens is 538 g/mol. The normalized spacial score (nSPS) is 14.0. The van der Waals surface area contributed by atoms with Gasteiger partial charge in [0.15, 0.2) is 0 Å². The lowest BCUT2D eigenvalue weighted by Crippen LogP contribution is -2.46. The summed E-state index contributed by atoms with van der Waals surface area (Å²) in [6, 6.07) is 14.4. The summed E-state index contributed by atoms with van der Waals surface area (Å²) in [5.41, 5.74) is 3.29. The van der Waals surface area contributed by atoms with Crippen LogP contribution in [0, 0.1) is 0 Å². The molecule has 0 radical (unpaired) electrons. The zero-order chi connectivity index (χ0) is 29.2. The number of aromatic nitrogens is 2. The van der Waals surface area contributed by atoms with Crippen molar-refractivity contribution in [3.05, 3.63) is 60.6 Å². The summed E-state index contributed by atoms with van der Waals surface area (Å²) < 4.78 is 68.9. The highest BCUT2D eigenvalue weighted by Crippen LogP contribution is 2.24. The average molecular weight is 562 g/mol. The van der Waals surface area contributed by atoms with Gasteiger partial charge in [-0.2, -0.15) is 26.3 Å². The number of halogens is 6. The first kappa shape index (κ1) is 31.1. The molecule has 3 aromatic rings. The third kappa shape index (κ3) is 9.92. The van der Waals surface area contributed by atoms with Crippen LogP contribution in [-0.2, 0) is 16.1 Å². The van der Waals surface area contributed by atoms with Crippen molar-refractivity contribution < 1.29 is 50.9 Å². The van der Waals surface area contributed by atoms with E-state index < -0.39 is 24.3 Å². The molecule has 1 aliphatic heterocycles. The molecule has 0 bridgehead atoms. The van der Waals surface area contributed by atoms with Crippen molar-refractivity contribution in [2.45, 2.75) is 18.9 Å². The number of carbonyl (C=O) groups is 2. The van der Waals surface area contributed by atoms with Crippen molar-refractivity contribution in [1.82, 2.24) is 14.9 Å². The first-order valence-corrected chi connectivity index (χ1v) is 11.1. The number of pyridine rings is 2. The van der Waals surface area contributed by atoms with Crippen molar-refractivity contribution in [2.75, 3.05) is 38.2 Å². The molecule has 1 aliphatic rings. The van der Waals surface area contributed by atoms with E-state index in [0.29, 0.717) is 0 Å². The monoisotopic (exact) mass is 562 g/mol. The molecule has 0 amide bonds. The molecule has 0 aliphatic carbocycles. The van der Waals surface area contributed by atoms with Crippen LogP contribution in [0.4, 0.5) is 32.0 Å². The maximum atomic E-state index is 10.6. The Kier molecular flexibility index (Phi) is 10.8. The topological polar surface area (TPSA) is 116 Å². The summed E-state index contributed by atoms with van der Waals surface area (Å²) in [5, 5.41) is 15.4. The largest absolute Gasteiger partial charge is 0.494 e. The van der Waals surface area contributed by atoms with Gasteiger partial charge >= 0.3 is 24.3 Å². The van der Waals surface area contributed by atoms with E-state index in [4.69, 9.17) is 29.5 Å². The lowest BCUT2D eigenvalue weighted by molar-refractivity contribution is -0.193. The Balaban J connectivity index is 0.000000317. The standard InChI is InChI=1S/C20H22N4O.2C2HF3O2/c1-25-19-4-2-3-16-5-6-17(22-20(16)19)15-23-11-13-24(14-12-23)18-7-9-21-10-8-18;2*3-2(4,5)1(6)7/h2-10H,11-15H2,1H3;2*(H,6,7).